The number of para-hydroxylation sites is 1. The normalized spacial score (nSPS) is 16.0. The molecule has 3 rings (SSSR count). The molecular formula is C22H27BrN2O3. The highest BCUT2D eigenvalue weighted by atomic mass is 79.9. The predicted octanol–water partition coefficient (Wildman–Crippen LogP) is 4.71. The van der Waals surface area contributed by atoms with E-state index < -0.39 is 0 Å². The summed E-state index contributed by atoms with van der Waals surface area (Å²) in [6.45, 7) is 5.54. The second-order valence-corrected chi connectivity index (χ2v) is 8.04. The van der Waals surface area contributed by atoms with Crippen LogP contribution >= 0.6 is 15.9 Å². The van der Waals surface area contributed by atoms with Crippen LogP contribution in [0, 0.1) is 0 Å². The smallest absolute Gasteiger partial charge is 0.259 e. The Hall–Kier alpha value is -1.89. The van der Waals surface area contributed by atoms with Gasteiger partial charge in [-0.1, -0.05) is 12.1 Å². The summed E-state index contributed by atoms with van der Waals surface area (Å²) in [4.78, 5) is 12.9. The fourth-order valence-electron chi connectivity index (χ4n) is 3.45. The van der Waals surface area contributed by atoms with Crippen molar-refractivity contribution in [2.45, 2.75) is 38.8 Å². The van der Waals surface area contributed by atoms with Crippen molar-refractivity contribution in [1.82, 2.24) is 5.32 Å². The molecule has 150 valence electrons. The molecule has 0 saturated carbocycles. The van der Waals surface area contributed by atoms with Gasteiger partial charge in [-0.05, 0) is 84.6 Å². The Bertz CT molecular complexity index is 839. The van der Waals surface area contributed by atoms with Crippen LogP contribution in [0.5, 0.6) is 5.75 Å². The molecule has 2 aromatic carbocycles. The zero-order chi connectivity index (χ0) is 20.1. The molecule has 0 fully saturated rings. The van der Waals surface area contributed by atoms with Gasteiger partial charge in [0.1, 0.15) is 5.75 Å². The van der Waals surface area contributed by atoms with Crippen molar-refractivity contribution in [3.63, 3.8) is 0 Å². The number of halogens is 1. The molecule has 0 spiro atoms. The monoisotopic (exact) mass is 446 g/mol. The number of ether oxygens (including phenoxy) is 2. The summed E-state index contributed by atoms with van der Waals surface area (Å²) < 4.78 is 11.9. The Morgan fingerprint density at radius 3 is 2.89 bits per heavy atom. The molecule has 0 aromatic heterocycles. The number of carbonyl (C=O) groups excluding carboxylic acids is 1. The van der Waals surface area contributed by atoms with Crippen molar-refractivity contribution in [2.24, 2.45) is 0 Å². The van der Waals surface area contributed by atoms with Gasteiger partial charge < -0.3 is 20.1 Å². The standard InChI is InChI=1S/C22H27BrN2O3/c1-14(2)28-21-17(5-4-6-19(21)23)22(26)25-16-8-7-15-9-11-24-20(10-12-27-3)18(15)13-16/h4-8,13-14,20,24H,9-12H2,1-3H3,(H,25,26). The molecule has 0 saturated heterocycles. The summed E-state index contributed by atoms with van der Waals surface area (Å²) in [7, 11) is 1.72. The predicted molar refractivity (Wildman–Crippen MR) is 115 cm³/mol. The lowest BCUT2D eigenvalue weighted by atomic mass is 9.92. The van der Waals surface area contributed by atoms with Crippen LogP contribution in [-0.2, 0) is 11.2 Å². The van der Waals surface area contributed by atoms with Crippen molar-refractivity contribution in [1.29, 1.82) is 0 Å². The lowest BCUT2D eigenvalue weighted by molar-refractivity contribution is 0.102. The van der Waals surface area contributed by atoms with Crippen LogP contribution in [0.1, 0.15) is 47.8 Å². The Balaban J connectivity index is 1.83. The Morgan fingerprint density at radius 1 is 1.32 bits per heavy atom. The minimum Gasteiger partial charge on any atom is -0.489 e. The zero-order valence-corrected chi connectivity index (χ0v) is 18.1. The van der Waals surface area contributed by atoms with Gasteiger partial charge in [-0.25, -0.2) is 0 Å². The molecule has 0 radical (unpaired) electrons. The summed E-state index contributed by atoms with van der Waals surface area (Å²) in [5, 5.41) is 6.57. The summed E-state index contributed by atoms with van der Waals surface area (Å²) >= 11 is 3.49. The van der Waals surface area contributed by atoms with Crippen LogP contribution in [0.15, 0.2) is 40.9 Å². The first-order valence-corrected chi connectivity index (χ1v) is 10.4. The quantitative estimate of drug-likeness (QED) is 0.646. The van der Waals surface area contributed by atoms with E-state index in [1.54, 1.807) is 13.2 Å². The van der Waals surface area contributed by atoms with E-state index in [1.165, 1.54) is 11.1 Å². The lowest BCUT2D eigenvalue weighted by Crippen LogP contribution is -2.30. The topological polar surface area (TPSA) is 59.6 Å². The van der Waals surface area contributed by atoms with E-state index in [1.807, 2.05) is 32.0 Å². The number of hydrogen-bond donors (Lipinski definition) is 2. The third-order valence-electron chi connectivity index (χ3n) is 4.74. The lowest BCUT2D eigenvalue weighted by Gasteiger charge is -2.27. The van der Waals surface area contributed by atoms with Crippen molar-refractivity contribution < 1.29 is 14.3 Å². The number of nitrogens with one attached hydrogen (secondary N) is 2. The van der Waals surface area contributed by atoms with Crippen LogP contribution < -0.4 is 15.4 Å². The molecule has 0 aliphatic carbocycles. The number of amides is 1. The van der Waals surface area contributed by atoms with Gasteiger partial charge >= 0.3 is 0 Å². The van der Waals surface area contributed by atoms with Crippen LogP contribution in [-0.4, -0.2) is 32.3 Å². The van der Waals surface area contributed by atoms with Gasteiger partial charge in [0.15, 0.2) is 0 Å². The van der Waals surface area contributed by atoms with E-state index in [0.717, 1.165) is 29.5 Å². The molecule has 1 aliphatic rings. The zero-order valence-electron chi connectivity index (χ0n) is 16.5. The number of carbonyl (C=O) groups is 1. The van der Waals surface area contributed by atoms with Crippen LogP contribution in [0.3, 0.4) is 0 Å². The summed E-state index contributed by atoms with van der Waals surface area (Å²) in [6.07, 6.45) is 1.87. The highest BCUT2D eigenvalue weighted by molar-refractivity contribution is 9.10. The van der Waals surface area contributed by atoms with E-state index in [4.69, 9.17) is 9.47 Å². The van der Waals surface area contributed by atoms with E-state index in [0.29, 0.717) is 17.9 Å². The molecular weight excluding hydrogens is 420 g/mol. The van der Waals surface area contributed by atoms with Crippen LogP contribution in [0.2, 0.25) is 0 Å². The molecule has 2 N–H and O–H groups in total. The van der Waals surface area contributed by atoms with Crippen molar-refractivity contribution in [3.8, 4) is 5.75 Å². The highest BCUT2D eigenvalue weighted by Gasteiger charge is 2.21. The fourth-order valence-corrected chi connectivity index (χ4v) is 3.91. The average Bonchev–Trinajstić information content (AvgIpc) is 2.67. The minimum atomic E-state index is -0.186. The van der Waals surface area contributed by atoms with E-state index >= 15 is 0 Å². The first kappa shape index (κ1) is 20.8. The third-order valence-corrected chi connectivity index (χ3v) is 5.36. The Kier molecular flexibility index (Phi) is 7.10. The maximum Gasteiger partial charge on any atom is 0.259 e. The molecule has 6 heteroatoms. The van der Waals surface area contributed by atoms with Gasteiger partial charge in [0.05, 0.1) is 16.1 Å². The maximum atomic E-state index is 12.9. The number of methoxy groups -OCH3 is 1. The summed E-state index contributed by atoms with van der Waals surface area (Å²) in [5.41, 5.74) is 3.85. The molecule has 1 atom stereocenters. The first-order valence-electron chi connectivity index (χ1n) is 9.61. The second-order valence-electron chi connectivity index (χ2n) is 7.19. The van der Waals surface area contributed by atoms with Gasteiger partial charge in [-0.15, -0.1) is 0 Å². The highest BCUT2D eigenvalue weighted by Crippen LogP contribution is 2.32. The molecule has 0 bridgehead atoms. The largest absolute Gasteiger partial charge is 0.489 e. The molecule has 1 unspecified atom stereocenters. The van der Waals surface area contributed by atoms with Crippen molar-refractivity contribution in [2.75, 3.05) is 25.6 Å². The van der Waals surface area contributed by atoms with Crippen LogP contribution in [0.4, 0.5) is 5.69 Å². The SMILES string of the molecule is COCCC1NCCc2ccc(NC(=O)c3cccc(Br)c3OC(C)C)cc21. The van der Waals surface area contributed by atoms with E-state index in [9.17, 15) is 4.79 Å². The molecule has 5 nitrogen and oxygen atoms in total. The molecule has 1 aliphatic heterocycles. The number of anilines is 1. The van der Waals surface area contributed by atoms with Gasteiger partial charge in [0.25, 0.3) is 5.91 Å². The first-order chi connectivity index (χ1) is 13.5. The van der Waals surface area contributed by atoms with Crippen LogP contribution in [0.25, 0.3) is 0 Å². The van der Waals surface area contributed by atoms with Gasteiger partial charge in [0.2, 0.25) is 0 Å². The number of rotatable bonds is 7. The van der Waals surface area contributed by atoms with Gasteiger partial charge in [-0.3, -0.25) is 4.79 Å². The van der Waals surface area contributed by atoms with E-state index in [-0.39, 0.29) is 18.1 Å². The molecule has 1 heterocycles. The third kappa shape index (κ3) is 4.93. The van der Waals surface area contributed by atoms with Gasteiger partial charge in [0, 0.05) is 25.4 Å². The number of hydrogen-bond acceptors (Lipinski definition) is 4. The summed E-state index contributed by atoms with van der Waals surface area (Å²) in [6, 6.07) is 11.9. The summed E-state index contributed by atoms with van der Waals surface area (Å²) in [5.74, 6) is 0.377. The number of benzene rings is 2. The van der Waals surface area contributed by atoms with Gasteiger partial charge in [-0.2, -0.15) is 0 Å². The van der Waals surface area contributed by atoms with Crippen molar-refractivity contribution in [3.05, 3.63) is 57.6 Å². The molecule has 1 amide bonds. The molecule has 2 aromatic rings. The Morgan fingerprint density at radius 2 is 2.14 bits per heavy atom. The molecule has 28 heavy (non-hydrogen) atoms. The fraction of sp³-hybridized carbons (Fsp3) is 0.409. The minimum absolute atomic E-state index is 0.0263. The Labute approximate surface area is 174 Å². The number of fused-ring (bicyclic) bond motifs is 1. The maximum absolute atomic E-state index is 12.9. The second kappa shape index (κ2) is 9.54. The van der Waals surface area contributed by atoms with E-state index in [2.05, 4.69) is 38.7 Å². The average molecular weight is 447 g/mol. The van der Waals surface area contributed by atoms with Crippen molar-refractivity contribution >= 4 is 27.5 Å².